The van der Waals surface area contributed by atoms with Crippen molar-refractivity contribution in [2.24, 2.45) is 5.41 Å². The Kier molecular flexibility index (Phi) is 6.82. The molecule has 1 fully saturated rings. The lowest BCUT2D eigenvalue weighted by Gasteiger charge is -2.43. The predicted octanol–water partition coefficient (Wildman–Crippen LogP) is 5.63. The second-order valence-corrected chi connectivity index (χ2v) is 14.9. The molecule has 1 aliphatic heterocycles. The van der Waals surface area contributed by atoms with Crippen molar-refractivity contribution in [2.45, 2.75) is 56.6 Å². The molecular weight excluding hydrogens is 430 g/mol. The normalized spacial score (nSPS) is 24.4. The molecule has 0 saturated carbocycles. The number of pyridine rings is 1. The first-order valence-electron chi connectivity index (χ1n) is 9.06. The highest BCUT2D eigenvalue weighted by Crippen LogP contribution is 2.42. The largest absolute Gasteiger partial charge is 0.417 e. The molecule has 2 rings (SSSR count). The van der Waals surface area contributed by atoms with Gasteiger partial charge in [-0.2, -0.15) is 5.26 Å². The average Bonchev–Trinajstić information content (AvgIpc) is 2.56. The van der Waals surface area contributed by atoms with Crippen LogP contribution >= 0.6 is 27.5 Å². The van der Waals surface area contributed by atoms with Gasteiger partial charge in [-0.1, -0.05) is 48.3 Å². The summed E-state index contributed by atoms with van der Waals surface area (Å²) in [5.74, 6) is 0. The van der Waals surface area contributed by atoms with Crippen molar-refractivity contribution in [3.63, 3.8) is 0 Å². The van der Waals surface area contributed by atoms with Gasteiger partial charge in [0.25, 0.3) is 0 Å². The van der Waals surface area contributed by atoms with Gasteiger partial charge in [0.05, 0.1) is 27.0 Å². The van der Waals surface area contributed by atoms with Crippen LogP contribution in [-0.4, -0.2) is 37.8 Å². The number of aromatic nitrogens is 1. The lowest BCUT2D eigenvalue weighted by molar-refractivity contribution is 0.205. The molecule has 1 aromatic heterocycles. The smallest absolute Gasteiger partial charge is 0.191 e. The van der Waals surface area contributed by atoms with Crippen molar-refractivity contribution in [3.8, 4) is 6.07 Å². The van der Waals surface area contributed by atoms with Gasteiger partial charge in [0.15, 0.2) is 8.32 Å². The summed E-state index contributed by atoms with van der Waals surface area (Å²) in [4.78, 5) is 6.35. The second kappa shape index (κ2) is 8.18. The molecule has 26 heavy (non-hydrogen) atoms. The summed E-state index contributed by atoms with van der Waals surface area (Å²) < 4.78 is 6.33. The maximum absolute atomic E-state index is 9.93. The van der Waals surface area contributed by atoms with E-state index in [-0.39, 0.29) is 9.87 Å². The van der Waals surface area contributed by atoms with Gasteiger partial charge in [-0.05, 0) is 37.0 Å². The van der Waals surface area contributed by atoms with Crippen LogP contribution in [0.2, 0.25) is 23.2 Å². The number of piperidine rings is 1. The highest BCUT2D eigenvalue weighted by molar-refractivity contribution is 9.09. The number of rotatable bonds is 5. The molecule has 1 saturated heterocycles. The van der Waals surface area contributed by atoms with Gasteiger partial charge in [-0.3, -0.25) is 4.98 Å². The Labute approximate surface area is 172 Å². The highest BCUT2D eigenvalue weighted by atomic mass is 79.9. The van der Waals surface area contributed by atoms with Gasteiger partial charge < -0.3 is 9.33 Å². The summed E-state index contributed by atoms with van der Waals surface area (Å²) in [7, 11) is -1.79. The third-order valence-corrected chi connectivity index (χ3v) is 11.9. The number of halogens is 2. The van der Waals surface area contributed by atoms with E-state index >= 15 is 0 Å². The Morgan fingerprint density at radius 2 is 2.19 bits per heavy atom. The molecule has 0 N–H and O–H groups in total. The van der Waals surface area contributed by atoms with E-state index in [1.54, 1.807) is 12.4 Å². The molecule has 0 radical (unpaired) electrons. The zero-order chi connectivity index (χ0) is 19.6. The molecule has 2 unspecified atom stereocenters. The van der Waals surface area contributed by atoms with Crippen LogP contribution in [0.15, 0.2) is 18.5 Å². The summed E-state index contributed by atoms with van der Waals surface area (Å²) >= 11 is 10.1. The summed E-state index contributed by atoms with van der Waals surface area (Å²) in [6.45, 7) is 13.4. The van der Waals surface area contributed by atoms with Gasteiger partial charge in [0.1, 0.15) is 0 Å². The third-order valence-electron chi connectivity index (χ3n) is 5.94. The molecule has 0 aromatic carbocycles. The molecule has 144 valence electrons. The van der Waals surface area contributed by atoms with Crippen molar-refractivity contribution in [1.29, 1.82) is 5.26 Å². The van der Waals surface area contributed by atoms with Crippen molar-refractivity contribution >= 4 is 41.5 Å². The molecule has 0 spiro atoms. The number of anilines is 1. The summed E-state index contributed by atoms with van der Waals surface area (Å²) in [6, 6.07) is 4.53. The molecule has 4 nitrogen and oxygen atoms in total. The molecule has 0 bridgehead atoms. The summed E-state index contributed by atoms with van der Waals surface area (Å²) in [5.41, 5.74) is 0.577. The van der Waals surface area contributed by atoms with E-state index in [1.807, 2.05) is 6.07 Å². The molecule has 1 aliphatic rings. The Hall–Kier alpha value is -0.613. The average molecular weight is 459 g/mol. The van der Waals surface area contributed by atoms with Gasteiger partial charge >= 0.3 is 0 Å². The van der Waals surface area contributed by atoms with Crippen molar-refractivity contribution in [1.82, 2.24) is 4.98 Å². The number of hydrogen-bond donors (Lipinski definition) is 0. The lowest BCUT2D eigenvalue weighted by atomic mass is 9.77. The van der Waals surface area contributed by atoms with E-state index in [0.717, 1.165) is 31.6 Å². The number of alkyl halides is 1. The Bertz CT molecular complexity index is 673. The van der Waals surface area contributed by atoms with E-state index in [2.05, 4.69) is 65.7 Å². The van der Waals surface area contributed by atoms with E-state index in [4.69, 9.17) is 16.0 Å². The summed E-state index contributed by atoms with van der Waals surface area (Å²) in [6.07, 6.45) is 4.96. The van der Waals surface area contributed by atoms with Gasteiger partial charge in [-0.25, -0.2) is 0 Å². The van der Waals surface area contributed by atoms with E-state index in [0.29, 0.717) is 11.6 Å². The van der Waals surface area contributed by atoms with Gasteiger partial charge in [0.2, 0.25) is 0 Å². The van der Waals surface area contributed by atoms with Crippen LogP contribution in [0.4, 0.5) is 5.69 Å². The van der Waals surface area contributed by atoms with Crippen LogP contribution in [0.25, 0.3) is 0 Å². The topological polar surface area (TPSA) is 49.1 Å². The Balaban J connectivity index is 2.03. The third kappa shape index (κ3) is 4.62. The molecule has 0 amide bonds. The number of nitriles is 1. The molecular formula is C19H29BrClN3OSi. The SMILES string of the molecule is CC(C)(C)[Si](C)(C)OCCC1(C#N)CCN(c2ccncc2Cl)CC1Br. The minimum atomic E-state index is -1.79. The van der Waals surface area contributed by atoms with E-state index in [9.17, 15) is 5.26 Å². The molecule has 2 heterocycles. The van der Waals surface area contributed by atoms with Crippen molar-refractivity contribution in [3.05, 3.63) is 23.5 Å². The summed E-state index contributed by atoms with van der Waals surface area (Å²) in [5, 5.41) is 10.8. The van der Waals surface area contributed by atoms with Gasteiger partial charge in [0, 0.05) is 32.1 Å². The van der Waals surface area contributed by atoms with Crippen molar-refractivity contribution < 1.29 is 4.43 Å². The van der Waals surface area contributed by atoms with Crippen LogP contribution < -0.4 is 4.90 Å². The van der Waals surface area contributed by atoms with Gasteiger partial charge in [-0.15, -0.1) is 0 Å². The van der Waals surface area contributed by atoms with E-state index in [1.165, 1.54) is 0 Å². The van der Waals surface area contributed by atoms with Crippen LogP contribution in [0, 0.1) is 16.7 Å². The first-order chi connectivity index (χ1) is 12.0. The zero-order valence-electron chi connectivity index (χ0n) is 16.4. The van der Waals surface area contributed by atoms with Crippen LogP contribution in [0.5, 0.6) is 0 Å². The minimum absolute atomic E-state index is 0.0704. The van der Waals surface area contributed by atoms with Crippen LogP contribution in [0.1, 0.15) is 33.6 Å². The Morgan fingerprint density at radius 3 is 2.73 bits per heavy atom. The first-order valence-corrected chi connectivity index (χ1v) is 13.3. The maximum Gasteiger partial charge on any atom is 0.191 e. The minimum Gasteiger partial charge on any atom is -0.417 e. The second-order valence-electron chi connectivity index (χ2n) is 8.62. The van der Waals surface area contributed by atoms with Crippen LogP contribution in [0.3, 0.4) is 0 Å². The molecule has 7 heteroatoms. The fraction of sp³-hybridized carbons (Fsp3) is 0.684. The monoisotopic (exact) mass is 457 g/mol. The quantitative estimate of drug-likeness (QED) is 0.424. The first kappa shape index (κ1) is 21.7. The van der Waals surface area contributed by atoms with Crippen LogP contribution in [-0.2, 0) is 4.43 Å². The molecule has 2 atom stereocenters. The van der Waals surface area contributed by atoms with E-state index < -0.39 is 13.7 Å². The molecule has 0 aliphatic carbocycles. The fourth-order valence-corrected chi connectivity index (χ4v) is 5.16. The predicted molar refractivity (Wildman–Crippen MR) is 115 cm³/mol. The number of hydrogen-bond acceptors (Lipinski definition) is 4. The fourth-order valence-electron chi connectivity index (χ4n) is 2.96. The maximum atomic E-state index is 9.93. The lowest BCUT2D eigenvalue weighted by Crippen LogP contribution is -2.49. The standard InChI is InChI=1S/C19H29BrClN3OSi/c1-18(2,3)26(4,5)25-11-8-19(14-22)7-10-24(13-17(19)20)16-6-9-23-12-15(16)21/h6,9,12,17H,7-8,10-11,13H2,1-5H3. The number of nitrogens with zero attached hydrogens (tertiary/aromatic N) is 3. The Morgan fingerprint density at radius 1 is 1.50 bits per heavy atom. The highest BCUT2D eigenvalue weighted by Gasteiger charge is 2.44. The zero-order valence-corrected chi connectivity index (χ0v) is 19.7. The molecule has 1 aromatic rings. The van der Waals surface area contributed by atoms with Crippen molar-refractivity contribution in [2.75, 3.05) is 24.6 Å².